The summed E-state index contributed by atoms with van der Waals surface area (Å²) in [5.74, 6) is 0.938. The molecule has 28 heavy (non-hydrogen) atoms. The molecule has 0 aliphatic heterocycles. The highest BCUT2D eigenvalue weighted by Crippen LogP contribution is 2.36. The monoisotopic (exact) mass is 433 g/mol. The van der Waals surface area contributed by atoms with Crippen LogP contribution in [0.5, 0.6) is 11.5 Å². The van der Waals surface area contributed by atoms with Crippen molar-refractivity contribution < 1.29 is 14.3 Å². The quantitative estimate of drug-likeness (QED) is 0.426. The van der Waals surface area contributed by atoms with Crippen LogP contribution in [-0.4, -0.2) is 25.0 Å². The van der Waals surface area contributed by atoms with Gasteiger partial charge in [-0.2, -0.15) is 0 Å². The molecule has 4 nitrogen and oxygen atoms in total. The maximum atomic E-state index is 12.9. The summed E-state index contributed by atoms with van der Waals surface area (Å²) in [6.07, 6.45) is 3.31. The standard InChI is InChI=1S/C21H20ClNO3S2/c1-25-19-12-15(11-18(22)21(19)26-2)7-8-20(24)23(13-16-5-3-9-27-16)14-17-6-4-10-28-17/h3-12H,13-14H2,1-2H3/b8-7+. The van der Waals surface area contributed by atoms with Crippen molar-refractivity contribution in [3.05, 3.63) is 73.6 Å². The Morgan fingerprint density at radius 2 is 1.71 bits per heavy atom. The predicted molar refractivity (Wildman–Crippen MR) is 116 cm³/mol. The Kier molecular flexibility index (Phi) is 7.14. The summed E-state index contributed by atoms with van der Waals surface area (Å²) >= 11 is 9.54. The number of carbonyl (C=O) groups is 1. The summed E-state index contributed by atoms with van der Waals surface area (Å²) in [5, 5.41) is 4.47. The van der Waals surface area contributed by atoms with Crippen LogP contribution in [0.2, 0.25) is 5.02 Å². The number of halogens is 1. The average Bonchev–Trinajstić information content (AvgIpc) is 3.39. The third kappa shape index (κ3) is 5.16. The van der Waals surface area contributed by atoms with E-state index in [9.17, 15) is 4.79 Å². The Morgan fingerprint density at radius 3 is 2.21 bits per heavy atom. The maximum Gasteiger partial charge on any atom is 0.247 e. The van der Waals surface area contributed by atoms with Crippen LogP contribution in [0.4, 0.5) is 0 Å². The molecule has 146 valence electrons. The second-order valence-electron chi connectivity index (χ2n) is 5.92. The van der Waals surface area contributed by atoms with Crippen LogP contribution in [0.25, 0.3) is 6.08 Å². The van der Waals surface area contributed by atoms with Gasteiger partial charge in [-0.15, -0.1) is 22.7 Å². The van der Waals surface area contributed by atoms with Crippen LogP contribution >= 0.6 is 34.3 Å². The van der Waals surface area contributed by atoms with Crippen molar-refractivity contribution in [1.82, 2.24) is 4.90 Å². The predicted octanol–water partition coefficient (Wildman–Crippen LogP) is 5.72. The molecule has 0 bridgehead atoms. The maximum absolute atomic E-state index is 12.9. The largest absolute Gasteiger partial charge is 0.493 e. The molecule has 3 rings (SSSR count). The molecule has 2 heterocycles. The van der Waals surface area contributed by atoms with E-state index in [1.807, 2.05) is 39.9 Å². The molecular weight excluding hydrogens is 414 g/mol. The van der Waals surface area contributed by atoms with E-state index in [0.29, 0.717) is 29.6 Å². The highest BCUT2D eigenvalue weighted by Gasteiger charge is 2.14. The minimum atomic E-state index is -0.0623. The zero-order valence-electron chi connectivity index (χ0n) is 15.6. The summed E-state index contributed by atoms with van der Waals surface area (Å²) < 4.78 is 10.6. The topological polar surface area (TPSA) is 38.8 Å². The molecule has 0 radical (unpaired) electrons. The molecule has 0 saturated heterocycles. The number of nitrogens with zero attached hydrogens (tertiary/aromatic N) is 1. The van der Waals surface area contributed by atoms with E-state index in [1.165, 1.54) is 7.11 Å². The summed E-state index contributed by atoms with van der Waals surface area (Å²) in [7, 11) is 3.09. The number of thiophene rings is 2. The van der Waals surface area contributed by atoms with Gasteiger partial charge in [0.15, 0.2) is 11.5 Å². The Bertz CT molecular complexity index is 901. The zero-order valence-corrected chi connectivity index (χ0v) is 17.9. The molecular formula is C21H20ClNO3S2. The van der Waals surface area contributed by atoms with Crippen LogP contribution in [0.3, 0.4) is 0 Å². The van der Waals surface area contributed by atoms with E-state index >= 15 is 0 Å². The molecule has 0 spiro atoms. The number of methoxy groups -OCH3 is 2. The van der Waals surface area contributed by atoms with E-state index in [1.54, 1.807) is 54.1 Å². The first-order chi connectivity index (χ1) is 13.6. The van der Waals surface area contributed by atoms with Gasteiger partial charge in [-0.05, 0) is 46.7 Å². The van der Waals surface area contributed by atoms with Crippen molar-refractivity contribution >= 4 is 46.3 Å². The van der Waals surface area contributed by atoms with Crippen molar-refractivity contribution in [3.63, 3.8) is 0 Å². The van der Waals surface area contributed by atoms with E-state index in [0.717, 1.165) is 15.3 Å². The molecule has 0 unspecified atom stereocenters. The molecule has 0 saturated carbocycles. The molecule has 0 aliphatic rings. The lowest BCUT2D eigenvalue weighted by Gasteiger charge is -2.20. The normalized spacial score (nSPS) is 11.0. The summed E-state index contributed by atoms with van der Waals surface area (Å²) in [5.41, 5.74) is 0.767. The third-order valence-electron chi connectivity index (χ3n) is 4.04. The fourth-order valence-corrected chi connectivity index (χ4v) is 4.44. The lowest BCUT2D eigenvalue weighted by atomic mass is 10.1. The van der Waals surface area contributed by atoms with Crippen molar-refractivity contribution in [2.45, 2.75) is 13.1 Å². The first-order valence-corrected chi connectivity index (χ1v) is 10.7. The van der Waals surface area contributed by atoms with Crippen molar-refractivity contribution in [2.75, 3.05) is 14.2 Å². The van der Waals surface area contributed by atoms with E-state index < -0.39 is 0 Å². The first kappa shape index (κ1) is 20.5. The summed E-state index contributed by atoms with van der Waals surface area (Å²) in [6, 6.07) is 11.6. The van der Waals surface area contributed by atoms with Crippen molar-refractivity contribution in [3.8, 4) is 11.5 Å². The molecule has 3 aromatic rings. The molecule has 0 N–H and O–H groups in total. The van der Waals surface area contributed by atoms with Crippen molar-refractivity contribution in [2.24, 2.45) is 0 Å². The second-order valence-corrected chi connectivity index (χ2v) is 8.40. The zero-order chi connectivity index (χ0) is 19.9. The van der Waals surface area contributed by atoms with Gasteiger partial charge in [0, 0.05) is 15.8 Å². The van der Waals surface area contributed by atoms with Gasteiger partial charge in [-0.3, -0.25) is 4.79 Å². The van der Waals surface area contributed by atoms with Gasteiger partial charge >= 0.3 is 0 Å². The molecule has 0 fully saturated rings. The number of ether oxygens (including phenoxy) is 2. The molecule has 0 aliphatic carbocycles. The minimum Gasteiger partial charge on any atom is -0.493 e. The highest BCUT2D eigenvalue weighted by atomic mass is 35.5. The smallest absolute Gasteiger partial charge is 0.247 e. The number of hydrogen-bond acceptors (Lipinski definition) is 5. The van der Waals surface area contributed by atoms with E-state index in [2.05, 4.69) is 0 Å². The van der Waals surface area contributed by atoms with Crippen LogP contribution in [-0.2, 0) is 17.9 Å². The van der Waals surface area contributed by atoms with Crippen LogP contribution in [0.1, 0.15) is 15.3 Å². The summed E-state index contributed by atoms with van der Waals surface area (Å²) in [4.78, 5) is 17.0. The van der Waals surface area contributed by atoms with E-state index in [4.69, 9.17) is 21.1 Å². The van der Waals surface area contributed by atoms with Gasteiger partial charge in [-0.25, -0.2) is 0 Å². The Balaban J connectivity index is 1.79. The third-order valence-corrected chi connectivity index (χ3v) is 6.04. The molecule has 0 atom stereocenters. The van der Waals surface area contributed by atoms with Gasteiger partial charge < -0.3 is 14.4 Å². The number of rotatable bonds is 8. The number of benzene rings is 1. The Morgan fingerprint density at radius 1 is 1.07 bits per heavy atom. The van der Waals surface area contributed by atoms with Gasteiger partial charge in [-0.1, -0.05) is 23.7 Å². The molecule has 1 amide bonds. The first-order valence-electron chi connectivity index (χ1n) is 8.54. The van der Waals surface area contributed by atoms with Gasteiger partial charge in [0.1, 0.15) is 0 Å². The van der Waals surface area contributed by atoms with Gasteiger partial charge in [0.2, 0.25) is 5.91 Å². The molecule has 2 aromatic heterocycles. The van der Waals surface area contributed by atoms with Gasteiger partial charge in [0.05, 0.1) is 32.3 Å². The van der Waals surface area contributed by atoms with Crippen LogP contribution in [0, 0.1) is 0 Å². The van der Waals surface area contributed by atoms with Crippen LogP contribution in [0.15, 0.2) is 53.2 Å². The minimum absolute atomic E-state index is 0.0623. The second kappa shape index (κ2) is 9.78. The fourth-order valence-electron chi connectivity index (χ4n) is 2.70. The number of amides is 1. The van der Waals surface area contributed by atoms with E-state index in [-0.39, 0.29) is 5.91 Å². The highest BCUT2D eigenvalue weighted by molar-refractivity contribution is 7.10. The molecule has 7 heteroatoms. The average molecular weight is 434 g/mol. The number of carbonyl (C=O) groups excluding carboxylic acids is 1. The SMILES string of the molecule is COc1cc(/C=C/C(=O)N(Cc2cccs2)Cc2cccs2)cc(Cl)c1OC. The lowest BCUT2D eigenvalue weighted by Crippen LogP contribution is -2.27. The Hall–Kier alpha value is -2.28. The summed E-state index contributed by atoms with van der Waals surface area (Å²) in [6.45, 7) is 1.15. The van der Waals surface area contributed by atoms with Crippen LogP contribution < -0.4 is 9.47 Å². The number of hydrogen-bond donors (Lipinski definition) is 0. The van der Waals surface area contributed by atoms with Crippen molar-refractivity contribution in [1.29, 1.82) is 0 Å². The Labute approximate surface area is 177 Å². The molecule has 1 aromatic carbocycles. The lowest BCUT2D eigenvalue weighted by molar-refractivity contribution is -0.127. The fraction of sp³-hybridized carbons (Fsp3) is 0.190. The van der Waals surface area contributed by atoms with Gasteiger partial charge in [0.25, 0.3) is 0 Å².